The minimum atomic E-state index is -0.407. The average Bonchev–Trinajstić information content (AvgIpc) is 2.38. The van der Waals surface area contributed by atoms with Crippen molar-refractivity contribution in [3.63, 3.8) is 0 Å². The molecule has 0 aliphatic heterocycles. The van der Waals surface area contributed by atoms with Crippen LogP contribution in [0.4, 0.5) is 4.39 Å². The Bertz CT molecular complexity index is 677. The third kappa shape index (κ3) is 2.52. The summed E-state index contributed by atoms with van der Waals surface area (Å²) in [6, 6.07) is 6.24. The molecular formula is C14H12FN3O. The van der Waals surface area contributed by atoms with Gasteiger partial charge in [0.2, 0.25) is 0 Å². The molecule has 1 aromatic carbocycles. The van der Waals surface area contributed by atoms with Gasteiger partial charge in [-0.15, -0.1) is 5.10 Å². The number of benzene rings is 1. The molecule has 0 spiro atoms. The van der Waals surface area contributed by atoms with Gasteiger partial charge in [0.25, 0.3) is 5.88 Å². The smallest absolute Gasteiger partial charge is 0.257 e. The fourth-order valence-electron chi connectivity index (χ4n) is 1.58. The van der Waals surface area contributed by atoms with Crippen LogP contribution in [-0.2, 0) is 0 Å². The van der Waals surface area contributed by atoms with Crippen LogP contribution in [0.25, 0.3) is 0 Å². The molecule has 0 aliphatic rings. The van der Waals surface area contributed by atoms with Crippen LogP contribution in [0.1, 0.15) is 22.4 Å². The van der Waals surface area contributed by atoms with Crippen molar-refractivity contribution < 1.29 is 9.13 Å². The third-order valence-corrected chi connectivity index (χ3v) is 2.89. The lowest BCUT2D eigenvalue weighted by atomic mass is 10.1. The van der Waals surface area contributed by atoms with E-state index in [1.54, 1.807) is 26.8 Å². The lowest BCUT2D eigenvalue weighted by molar-refractivity contribution is 0.444. The molecule has 0 fully saturated rings. The van der Waals surface area contributed by atoms with Crippen LogP contribution < -0.4 is 4.74 Å². The highest BCUT2D eigenvalue weighted by atomic mass is 19.1. The summed E-state index contributed by atoms with van der Waals surface area (Å²) in [6.07, 6.45) is 0. The van der Waals surface area contributed by atoms with Crippen LogP contribution in [0.15, 0.2) is 18.2 Å². The summed E-state index contributed by atoms with van der Waals surface area (Å²) < 4.78 is 18.7. The van der Waals surface area contributed by atoms with Crippen molar-refractivity contribution >= 4 is 0 Å². The van der Waals surface area contributed by atoms with Gasteiger partial charge >= 0.3 is 0 Å². The molecular weight excluding hydrogens is 245 g/mol. The maximum absolute atomic E-state index is 13.2. The zero-order chi connectivity index (χ0) is 14.0. The number of halogens is 1. The fourth-order valence-corrected chi connectivity index (χ4v) is 1.58. The van der Waals surface area contributed by atoms with E-state index in [1.807, 2.05) is 6.07 Å². The number of hydrogen-bond donors (Lipinski definition) is 0. The SMILES string of the molecule is Cc1ccc(F)cc1Oc1nnc(C)c(C)c1C#N. The van der Waals surface area contributed by atoms with Gasteiger partial charge in [0.15, 0.2) is 0 Å². The van der Waals surface area contributed by atoms with Crippen molar-refractivity contribution in [3.8, 4) is 17.7 Å². The molecule has 0 saturated carbocycles. The number of nitrogens with zero attached hydrogens (tertiary/aromatic N) is 3. The number of aryl methyl sites for hydroxylation is 2. The van der Waals surface area contributed by atoms with Crippen LogP contribution in [0, 0.1) is 37.9 Å². The summed E-state index contributed by atoms with van der Waals surface area (Å²) >= 11 is 0. The number of ether oxygens (including phenoxy) is 1. The third-order valence-electron chi connectivity index (χ3n) is 2.89. The number of hydrogen-bond acceptors (Lipinski definition) is 4. The summed E-state index contributed by atoms with van der Waals surface area (Å²) in [5, 5.41) is 16.9. The maximum atomic E-state index is 13.2. The van der Waals surface area contributed by atoms with Crippen LogP contribution in [0.3, 0.4) is 0 Å². The Labute approximate surface area is 110 Å². The number of rotatable bonds is 2. The maximum Gasteiger partial charge on any atom is 0.257 e. The van der Waals surface area contributed by atoms with Crippen LogP contribution in [0.2, 0.25) is 0 Å². The van der Waals surface area contributed by atoms with Gasteiger partial charge in [-0.3, -0.25) is 0 Å². The van der Waals surface area contributed by atoms with E-state index in [9.17, 15) is 4.39 Å². The standard InChI is InChI=1S/C14H12FN3O/c1-8-4-5-11(15)6-13(8)19-14-12(7-16)9(2)10(3)17-18-14/h4-6H,1-3H3. The number of nitriles is 1. The molecule has 0 amide bonds. The Balaban J connectivity index is 2.47. The van der Waals surface area contributed by atoms with Gasteiger partial charge in [-0.25, -0.2) is 4.39 Å². The van der Waals surface area contributed by atoms with Crippen LogP contribution in [0.5, 0.6) is 11.6 Å². The quantitative estimate of drug-likeness (QED) is 0.828. The van der Waals surface area contributed by atoms with Gasteiger partial charge in [-0.1, -0.05) is 6.07 Å². The van der Waals surface area contributed by atoms with E-state index in [1.165, 1.54) is 12.1 Å². The van der Waals surface area contributed by atoms with E-state index in [4.69, 9.17) is 10.00 Å². The Morgan fingerprint density at radius 3 is 2.63 bits per heavy atom. The second-order valence-electron chi connectivity index (χ2n) is 4.21. The lowest BCUT2D eigenvalue weighted by Gasteiger charge is -2.10. The first-order valence-corrected chi connectivity index (χ1v) is 5.71. The summed E-state index contributed by atoms with van der Waals surface area (Å²) in [4.78, 5) is 0. The monoisotopic (exact) mass is 257 g/mol. The molecule has 0 unspecified atom stereocenters. The Morgan fingerprint density at radius 2 is 1.95 bits per heavy atom. The van der Waals surface area contributed by atoms with Crippen molar-refractivity contribution in [1.29, 1.82) is 5.26 Å². The number of aromatic nitrogens is 2. The largest absolute Gasteiger partial charge is 0.436 e. The molecule has 0 N–H and O–H groups in total. The van der Waals surface area contributed by atoms with Gasteiger partial charge in [0.05, 0.1) is 5.69 Å². The molecule has 1 heterocycles. The van der Waals surface area contributed by atoms with Crippen LogP contribution in [-0.4, -0.2) is 10.2 Å². The van der Waals surface area contributed by atoms with Crippen molar-refractivity contribution in [3.05, 3.63) is 46.4 Å². The van der Waals surface area contributed by atoms with Gasteiger partial charge in [-0.2, -0.15) is 10.4 Å². The minimum absolute atomic E-state index is 0.0966. The fraction of sp³-hybridized carbons (Fsp3) is 0.214. The molecule has 96 valence electrons. The highest BCUT2D eigenvalue weighted by Crippen LogP contribution is 2.28. The summed E-state index contributed by atoms with van der Waals surface area (Å²) in [6.45, 7) is 5.32. The molecule has 19 heavy (non-hydrogen) atoms. The molecule has 2 rings (SSSR count). The highest BCUT2D eigenvalue weighted by Gasteiger charge is 2.14. The first-order valence-electron chi connectivity index (χ1n) is 5.71. The van der Waals surface area contributed by atoms with Gasteiger partial charge in [0.1, 0.15) is 23.2 Å². The predicted octanol–water partition coefficient (Wildman–Crippen LogP) is 3.20. The first-order chi connectivity index (χ1) is 9.02. The van der Waals surface area contributed by atoms with Crippen LogP contribution >= 0.6 is 0 Å². The van der Waals surface area contributed by atoms with Gasteiger partial charge in [0, 0.05) is 6.07 Å². The van der Waals surface area contributed by atoms with E-state index in [0.29, 0.717) is 22.6 Å². The Kier molecular flexibility index (Phi) is 3.43. The van der Waals surface area contributed by atoms with Crippen molar-refractivity contribution in [1.82, 2.24) is 10.2 Å². The summed E-state index contributed by atoms with van der Waals surface area (Å²) in [7, 11) is 0. The first kappa shape index (κ1) is 13.0. The zero-order valence-electron chi connectivity index (χ0n) is 10.9. The predicted molar refractivity (Wildman–Crippen MR) is 67.4 cm³/mol. The average molecular weight is 257 g/mol. The molecule has 0 radical (unpaired) electrons. The molecule has 0 atom stereocenters. The Morgan fingerprint density at radius 1 is 1.21 bits per heavy atom. The molecule has 0 aliphatic carbocycles. The van der Waals surface area contributed by atoms with E-state index in [0.717, 1.165) is 5.56 Å². The van der Waals surface area contributed by atoms with Crippen molar-refractivity contribution in [2.24, 2.45) is 0 Å². The molecule has 4 nitrogen and oxygen atoms in total. The molecule has 5 heteroatoms. The lowest BCUT2D eigenvalue weighted by Crippen LogP contribution is -2.01. The zero-order valence-corrected chi connectivity index (χ0v) is 10.9. The van der Waals surface area contributed by atoms with E-state index in [-0.39, 0.29) is 5.88 Å². The van der Waals surface area contributed by atoms with Gasteiger partial charge < -0.3 is 4.74 Å². The van der Waals surface area contributed by atoms with E-state index < -0.39 is 5.82 Å². The van der Waals surface area contributed by atoms with Crippen molar-refractivity contribution in [2.75, 3.05) is 0 Å². The van der Waals surface area contributed by atoms with E-state index >= 15 is 0 Å². The minimum Gasteiger partial charge on any atom is -0.436 e. The molecule has 0 bridgehead atoms. The second-order valence-corrected chi connectivity index (χ2v) is 4.21. The second kappa shape index (κ2) is 5.02. The highest BCUT2D eigenvalue weighted by molar-refractivity contribution is 5.47. The summed E-state index contributed by atoms with van der Waals surface area (Å²) in [5.74, 6) is 0.0178. The molecule has 1 aromatic heterocycles. The van der Waals surface area contributed by atoms with Crippen molar-refractivity contribution in [2.45, 2.75) is 20.8 Å². The normalized spacial score (nSPS) is 10.1. The molecule has 0 saturated heterocycles. The van der Waals surface area contributed by atoms with Gasteiger partial charge in [-0.05, 0) is 38.0 Å². The van der Waals surface area contributed by atoms with E-state index in [2.05, 4.69) is 10.2 Å². The Hall–Kier alpha value is -2.48. The summed E-state index contributed by atoms with van der Waals surface area (Å²) in [5.41, 5.74) is 2.45. The topological polar surface area (TPSA) is 58.8 Å². The molecule has 2 aromatic rings.